The summed E-state index contributed by atoms with van der Waals surface area (Å²) >= 11 is 5.75. The molecule has 0 radical (unpaired) electrons. The van der Waals surface area contributed by atoms with Crippen molar-refractivity contribution in [3.05, 3.63) is 47.3 Å². The molecule has 0 aliphatic rings. The van der Waals surface area contributed by atoms with Gasteiger partial charge in [-0.05, 0) is 12.1 Å². The van der Waals surface area contributed by atoms with Gasteiger partial charge in [0, 0.05) is 29.5 Å². The average Bonchev–Trinajstić information content (AvgIpc) is 2.90. The van der Waals surface area contributed by atoms with Gasteiger partial charge in [0.25, 0.3) is 5.91 Å². The summed E-state index contributed by atoms with van der Waals surface area (Å²) in [5.74, 6) is -1.74. The van der Waals surface area contributed by atoms with Crippen LogP contribution < -0.4 is 5.32 Å². The number of aromatic amines is 1. The van der Waals surface area contributed by atoms with Gasteiger partial charge in [-0.3, -0.25) is 9.78 Å². The second kappa shape index (κ2) is 6.16. The summed E-state index contributed by atoms with van der Waals surface area (Å²) in [6.07, 6.45) is 4.41. The number of rotatable bonds is 5. The Balaban J connectivity index is 2.08. The number of H-pyrrole nitrogens is 1. The lowest BCUT2D eigenvalue weighted by Gasteiger charge is -2.13. The van der Waals surface area contributed by atoms with Crippen molar-refractivity contribution in [2.24, 2.45) is 0 Å². The monoisotopic (exact) mass is 294 g/mol. The molecular weight excluding hydrogens is 284 g/mol. The van der Waals surface area contributed by atoms with Crippen LogP contribution in [0.2, 0.25) is 5.02 Å². The fraction of sp³-hybridized carbons (Fsp3) is 0.167. The van der Waals surface area contributed by atoms with E-state index < -0.39 is 17.9 Å². The molecule has 0 saturated heterocycles. The predicted octanol–water partition coefficient (Wildman–Crippen LogP) is 0.884. The van der Waals surface area contributed by atoms with E-state index in [0.717, 1.165) is 0 Å². The lowest BCUT2D eigenvalue weighted by Crippen LogP contribution is -2.42. The maximum absolute atomic E-state index is 11.9. The molecule has 7 nitrogen and oxygen atoms in total. The van der Waals surface area contributed by atoms with Crippen LogP contribution >= 0.6 is 11.6 Å². The first-order valence-corrected chi connectivity index (χ1v) is 6.06. The van der Waals surface area contributed by atoms with Crippen LogP contribution in [-0.4, -0.2) is 38.0 Å². The van der Waals surface area contributed by atoms with Gasteiger partial charge < -0.3 is 15.4 Å². The molecule has 0 unspecified atom stereocenters. The van der Waals surface area contributed by atoms with Crippen LogP contribution in [-0.2, 0) is 11.2 Å². The standard InChI is InChI=1S/C12H11ClN4O3/c13-7-1-2-15-9(3-7)11(18)17-10(12(19)20)4-8-5-14-6-16-8/h1-3,5-6,10H,4H2,(H,14,16)(H,17,18)(H,19,20)/t10-/m1/s1. The fourth-order valence-electron chi connectivity index (χ4n) is 1.58. The normalized spacial score (nSPS) is 11.8. The Morgan fingerprint density at radius 2 is 2.30 bits per heavy atom. The lowest BCUT2D eigenvalue weighted by molar-refractivity contribution is -0.139. The van der Waals surface area contributed by atoms with Crippen molar-refractivity contribution >= 4 is 23.5 Å². The van der Waals surface area contributed by atoms with Crippen molar-refractivity contribution in [2.45, 2.75) is 12.5 Å². The Labute approximate surface area is 119 Å². The molecule has 2 aromatic heterocycles. The molecule has 3 N–H and O–H groups in total. The molecule has 20 heavy (non-hydrogen) atoms. The van der Waals surface area contributed by atoms with Gasteiger partial charge in [0.2, 0.25) is 0 Å². The van der Waals surface area contributed by atoms with E-state index in [2.05, 4.69) is 20.3 Å². The maximum atomic E-state index is 11.9. The SMILES string of the molecule is O=C(N[C@H](Cc1cnc[nH]1)C(=O)O)c1cc(Cl)ccn1. The number of amides is 1. The quantitative estimate of drug-likeness (QED) is 0.759. The first-order valence-electron chi connectivity index (χ1n) is 5.68. The van der Waals surface area contributed by atoms with Gasteiger partial charge in [-0.15, -0.1) is 0 Å². The van der Waals surface area contributed by atoms with Crippen molar-refractivity contribution in [3.63, 3.8) is 0 Å². The lowest BCUT2D eigenvalue weighted by atomic mass is 10.1. The number of aromatic nitrogens is 3. The van der Waals surface area contributed by atoms with E-state index in [1.807, 2.05) is 0 Å². The topological polar surface area (TPSA) is 108 Å². The van der Waals surface area contributed by atoms with E-state index in [9.17, 15) is 9.59 Å². The summed E-state index contributed by atoms with van der Waals surface area (Å²) in [5.41, 5.74) is 0.671. The van der Waals surface area contributed by atoms with Crippen molar-refractivity contribution < 1.29 is 14.7 Å². The molecule has 1 atom stereocenters. The first kappa shape index (κ1) is 14.0. The van der Waals surface area contributed by atoms with E-state index in [-0.39, 0.29) is 12.1 Å². The van der Waals surface area contributed by atoms with Gasteiger partial charge in [-0.2, -0.15) is 0 Å². The highest BCUT2D eigenvalue weighted by molar-refractivity contribution is 6.30. The van der Waals surface area contributed by atoms with Crippen LogP contribution in [0.5, 0.6) is 0 Å². The largest absolute Gasteiger partial charge is 0.480 e. The molecule has 0 saturated carbocycles. The van der Waals surface area contributed by atoms with E-state index >= 15 is 0 Å². The van der Waals surface area contributed by atoms with Gasteiger partial charge in [-0.25, -0.2) is 9.78 Å². The molecule has 0 aliphatic carbocycles. The molecule has 0 fully saturated rings. The fourth-order valence-corrected chi connectivity index (χ4v) is 1.74. The molecule has 1 amide bonds. The number of halogens is 1. The van der Waals surface area contributed by atoms with E-state index in [4.69, 9.17) is 16.7 Å². The van der Waals surface area contributed by atoms with Gasteiger partial charge in [0.1, 0.15) is 11.7 Å². The molecule has 2 aromatic rings. The molecule has 0 spiro atoms. The van der Waals surface area contributed by atoms with Crippen LogP contribution in [0.4, 0.5) is 0 Å². The van der Waals surface area contributed by atoms with Crippen LogP contribution in [0.3, 0.4) is 0 Å². The van der Waals surface area contributed by atoms with Crippen LogP contribution in [0.25, 0.3) is 0 Å². The number of hydrogen-bond donors (Lipinski definition) is 3. The van der Waals surface area contributed by atoms with Crippen LogP contribution in [0.1, 0.15) is 16.2 Å². The van der Waals surface area contributed by atoms with E-state index in [1.54, 1.807) is 0 Å². The Morgan fingerprint density at radius 3 is 2.90 bits per heavy atom. The molecule has 104 valence electrons. The van der Waals surface area contributed by atoms with Crippen molar-refractivity contribution in [1.82, 2.24) is 20.3 Å². The zero-order valence-corrected chi connectivity index (χ0v) is 11.0. The van der Waals surface area contributed by atoms with Gasteiger partial charge in [-0.1, -0.05) is 11.6 Å². The number of pyridine rings is 1. The summed E-state index contributed by atoms with van der Waals surface area (Å²) in [5, 5.41) is 11.9. The number of carbonyl (C=O) groups excluding carboxylic acids is 1. The summed E-state index contributed by atoms with van der Waals surface area (Å²) in [7, 11) is 0. The second-order valence-corrected chi connectivity index (χ2v) is 4.44. The minimum atomic E-state index is -1.14. The highest BCUT2D eigenvalue weighted by Gasteiger charge is 2.22. The molecule has 0 aromatic carbocycles. The van der Waals surface area contributed by atoms with Crippen LogP contribution in [0.15, 0.2) is 30.9 Å². The smallest absolute Gasteiger partial charge is 0.326 e. The molecule has 0 aliphatic heterocycles. The van der Waals surface area contributed by atoms with Crippen LogP contribution in [0, 0.1) is 0 Å². The van der Waals surface area contributed by atoms with Crippen molar-refractivity contribution in [3.8, 4) is 0 Å². The average molecular weight is 295 g/mol. The highest BCUT2D eigenvalue weighted by atomic mass is 35.5. The number of nitrogens with one attached hydrogen (secondary N) is 2. The third-order valence-corrected chi connectivity index (χ3v) is 2.77. The first-order chi connectivity index (χ1) is 9.56. The Kier molecular flexibility index (Phi) is 4.31. The number of hydrogen-bond acceptors (Lipinski definition) is 4. The Morgan fingerprint density at radius 1 is 1.50 bits per heavy atom. The molecule has 2 heterocycles. The molecule has 8 heteroatoms. The third-order valence-electron chi connectivity index (χ3n) is 2.54. The van der Waals surface area contributed by atoms with Gasteiger partial charge in [0.15, 0.2) is 0 Å². The second-order valence-electron chi connectivity index (χ2n) is 4.00. The Hall–Kier alpha value is -2.41. The van der Waals surface area contributed by atoms with E-state index in [1.165, 1.54) is 30.9 Å². The molecule has 2 rings (SSSR count). The third kappa shape index (κ3) is 3.55. The number of aliphatic carboxylic acids is 1. The highest BCUT2D eigenvalue weighted by Crippen LogP contribution is 2.08. The Bertz CT molecular complexity index is 615. The summed E-state index contributed by atoms with van der Waals surface area (Å²) < 4.78 is 0. The number of carboxylic acids is 1. The number of carbonyl (C=O) groups is 2. The van der Waals surface area contributed by atoms with Crippen molar-refractivity contribution in [1.29, 1.82) is 0 Å². The summed E-state index contributed by atoms with van der Waals surface area (Å²) in [4.78, 5) is 33.5. The molecule has 0 bridgehead atoms. The zero-order chi connectivity index (χ0) is 14.5. The minimum Gasteiger partial charge on any atom is -0.480 e. The van der Waals surface area contributed by atoms with Crippen molar-refractivity contribution in [2.75, 3.05) is 0 Å². The van der Waals surface area contributed by atoms with E-state index in [0.29, 0.717) is 10.7 Å². The number of nitrogens with zero attached hydrogens (tertiary/aromatic N) is 2. The molecular formula is C12H11ClN4O3. The zero-order valence-electron chi connectivity index (χ0n) is 10.2. The summed E-state index contributed by atoms with van der Waals surface area (Å²) in [6, 6.07) is 1.81. The number of carboxylic acid groups (broad SMARTS) is 1. The van der Waals surface area contributed by atoms with Gasteiger partial charge >= 0.3 is 5.97 Å². The summed E-state index contributed by atoms with van der Waals surface area (Å²) in [6.45, 7) is 0. The predicted molar refractivity (Wildman–Crippen MR) is 70.4 cm³/mol. The van der Waals surface area contributed by atoms with Gasteiger partial charge in [0.05, 0.1) is 6.33 Å². The maximum Gasteiger partial charge on any atom is 0.326 e. The minimum absolute atomic E-state index is 0.0633. The number of imidazole rings is 1.